The summed E-state index contributed by atoms with van der Waals surface area (Å²) in [6, 6.07) is 11.5. The molecule has 1 aromatic heterocycles. The molecular weight excluding hydrogens is 401 g/mol. The monoisotopic (exact) mass is 423 g/mol. The minimum Gasteiger partial charge on any atom is -0.338 e. The number of benzene rings is 2. The first-order chi connectivity index (χ1) is 14.2. The minimum absolute atomic E-state index is 0.0481. The van der Waals surface area contributed by atoms with Crippen LogP contribution in [0.3, 0.4) is 0 Å². The van der Waals surface area contributed by atoms with E-state index in [0.29, 0.717) is 11.4 Å². The molecule has 2 aromatic carbocycles. The minimum atomic E-state index is -0.571. The highest BCUT2D eigenvalue weighted by molar-refractivity contribution is 8.01. The van der Waals surface area contributed by atoms with Crippen molar-refractivity contribution in [3.05, 3.63) is 59.5 Å². The SMILES string of the molecule is Cc1cc(C)cc(Nc2ncc(F)c(Nc3ccc4c(c3)NC(=O)C(C)(C)S4)n2)c1. The molecule has 4 rings (SSSR count). The van der Waals surface area contributed by atoms with E-state index in [0.717, 1.165) is 27.9 Å². The lowest BCUT2D eigenvalue weighted by molar-refractivity contribution is -0.117. The fourth-order valence-electron chi connectivity index (χ4n) is 3.22. The zero-order valence-electron chi connectivity index (χ0n) is 17.1. The predicted molar refractivity (Wildman–Crippen MR) is 119 cm³/mol. The van der Waals surface area contributed by atoms with Gasteiger partial charge in [0.2, 0.25) is 11.9 Å². The summed E-state index contributed by atoms with van der Waals surface area (Å²) in [5.74, 6) is -0.303. The van der Waals surface area contributed by atoms with Gasteiger partial charge in [-0.05, 0) is 69.2 Å². The van der Waals surface area contributed by atoms with E-state index in [-0.39, 0.29) is 17.7 Å². The Morgan fingerprint density at radius 2 is 1.77 bits per heavy atom. The zero-order valence-corrected chi connectivity index (χ0v) is 17.9. The Morgan fingerprint density at radius 3 is 2.50 bits per heavy atom. The number of hydrogen-bond donors (Lipinski definition) is 3. The largest absolute Gasteiger partial charge is 0.338 e. The van der Waals surface area contributed by atoms with E-state index in [9.17, 15) is 9.18 Å². The van der Waals surface area contributed by atoms with Gasteiger partial charge in [-0.25, -0.2) is 9.37 Å². The smallest absolute Gasteiger partial charge is 0.240 e. The number of amides is 1. The lowest BCUT2D eigenvalue weighted by Crippen LogP contribution is -2.37. The van der Waals surface area contributed by atoms with Gasteiger partial charge in [-0.1, -0.05) is 6.07 Å². The highest BCUT2D eigenvalue weighted by atomic mass is 32.2. The fraction of sp³-hybridized carbons (Fsp3) is 0.227. The summed E-state index contributed by atoms with van der Waals surface area (Å²) in [6.07, 6.45) is 1.12. The molecule has 3 N–H and O–H groups in total. The molecule has 0 saturated heterocycles. The lowest BCUT2D eigenvalue weighted by atomic mass is 10.1. The number of carbonyl (C=O) groups excluding carboxylic acids is 1. The van der Waals surface area contributed by atoms with Gasteiger partial charge in [0, 0.05) is 16.3 Å². The van der Waals surface area contributed by atoms with Crippen LogP contribution in [0.25, 0.3) is 0 Å². The van der Waals surface area contributed by atoms with Crippen LogP contribution in [0, 0.1) is 19.7 Å². The first-order valence-electron chi connectivity index (χ1n) is 9.49. The van der Waals surface area contributed by atoms with Crippen molar-refractivity contribution in [3.8, 4) is 0 Å². The average molecular weight is 424 g/mol. The number of thioether (sulfide) groups is 1. The molecule has 0 saturated carbocycles. The fourth-order valence-corrected chi connectivity index (χ4v) is 4.27. The van der Waals surface area contributed by atoms with Gasteiger partial charge in [-0.2, -0.15) is 4.98 Å². The number of rotatable bonds is 4. The van der Waals surface area contributed by atoms with Crippen LogP contribution in [0.5, 0.6) is 0 Å². The average Bonchev–Trinajstić information content (AvgIpc) is 2.65. The Morgan fingerprint density at radius 1 is 1.03 bits per heavy atom. The summed E-state index contributed by atoms with van der Waals surface area (Å²) in [7, 11) is 0. The second-order valence-corrected chi connectivity index (χ2v) is 9.46. The van der Waals surface area contributed by atoms with Crippen LogP contribution in [0.15, 0.2) is 47.5 Å². The van der Waals surface area contributed by atoms with Crippen molar-refractivity contribution in [1.82, 2.24) is 9.97 Å². The highest BCUT2D eigenvalue weighted by Gasteiger charge is 2.34. The second-order valence-electron chi connectivity index (χ2n) is 7.79. The van der Waals surface area contributed by atoms with Gasteiger partial charge in [0.05, 0.1) is 16.6 Å². The van der Waals surface area contributed by atoms with E-state index >= 15 is 0 Å². The molecule has 1 amide bonds. The van der Waals surface area contributed by atoms with E-state index < -0.39 is 10.6 Å². The number of carbonyl (C=O) groups is 1. The Labute approximate surface area is 178 Å². The Kier molecular flexibility index (Phi) is 5.11. The molecule has 30 heavy (non-hydrogen) atoms. The third kappa shape index (κ3) is 4.23. The molecule has 2 heterocycles. The van der Waals surface area contributed by atoms with Crippen molar-refractivity contribution < 1.29 is 9.18 Å². The molecule has 6 nitrogen and oxygen atoms in total. The lowest BCUT2D eigenvalue weighted by Gasteiger charge is -2.30. The molecule has 0 unspecified atom stereocenters. The molecule has 1 aliphatic rings. The summed E-state index contributed by atoms with van der Waals surface area (Å²) in [4.78, 5) is 21.5. The zero-order chi connectivity index (χ0) is 21.5. The molecule has 3 aromatic rings. The molecule has 0 aliphatic carbocycles. The van der Waals surface area contributed by atoms with E-state index in [1.54, 1.807) is 6.07 Å². The van der Waals surface area contributed by atoms with Crippen LogP contribution in [0.4, 0.5) is 33.2 Å². The number of aromatic nitrogens is 2. The number of nitrogens with one attached hydrogen (secondary N) is 3. The van der Waals surface area contributed by atoms with Gasteiger partial charge >= 0.3 is 0 Å². The van der Waals surface area contributed by atoms with Gasteiger partial charge < -0.3 is 16.0 Å². The number of halogens is 1. The van der Waals surface area contributed by atoms with Crippen molar-refractivity contribution in [1.29, 1.82) is 0 Å². The predicted octanol–water partition coefficient (Wildman–Crippen LogP) is 5.54. The standard InChI is InChI=1S/C22H22FN5OS/c1-12-7-13(2)9-15(8-12)26-21-24-11-16(23)19(28-21)25-14-5-6-18-17(10-14)27-20(29)22(3,4)30-18/h5-11H,1-4H3,(H,27,29)(H2,24,25,26,28). The molecule has 8 heteroatoms. The third-order valence-electron chi connectivity index (χ3n) is 4.62. The summed E-state index contributed by atoms with van der Waals surface area (Å²) >= 11 is 1.50. The topological polar surface area (TPSA) is 78.9 Å². The van der Waals surface area contributed by atoms with Crippen LogP contribution in [-0.2, 0) is 4.79 Å². The molecule has 0 atom stereocenters. The van der Waals surface area contributed by atoms with Crippen LogP contribution in [-0.4, -0.2) is 20.6 Å². The molecular formula is C22H22FN5OS. The Hall–Kier alpha value is -3.13. The van der Waals surface area contributed by atoms with E-state index in [1.807, 2.05) is 52.0 Å². The van der Waals surface area contributed by atoms with Crippen LogP contribution < -0.4 is 16.0 Å². The van der Waals surface area contributed by atoms with Crippen molar-refractivity contribution in [2.75, 3.05) is 16.0 Å². The summed E-state index contributed by atoms with van der Waals surface area (Å²) in [6.45, 7) is 7.77. The number of aryl methyl sites for hydroxylation is 2. The van der Waals surface area contributed by atoms with Gasteiger partial charge in [0.1, 0.15) is 0 Å². The Bertz CT molecular complexity index is 1130. The van der Waals surface area contributed by atoms with Gasteiger partial charge in [0.25, 0.3) is 0 Å². The third-order valence-corrected chi connectivity index (χ3v) is 5.90. The summed E-state index contributed by atoms with van der Waals surface area (Å²) in [5.41, 5.74) is 4.35. The highest BCUT2D eigenvalue weighted by Crippen LogP contribution is 2.43. The first-order valence-corrected chi connectivity index (χ1v) is 10.3. The first kappa shape index (κ1) is 20.2. The number of hydrogen-bond acceptors (Lipinski definition) is 6. The quantitative estimate of drug-likeness (QED) is 0.511. The van der Waals surface area contributed by atoms with E-state index in [1.165, 1.54) is 11.8 Å². The number of anilines is 5. The summed E-state index contributed by atoms with van der Waals surface area (Å²) in [5, 5.41) is 9.00. The normalized spacial score (nSPS) is 14.6. The maximum Gasteiger partial charge on any atom is 0.240 e. The molecule has 1 aliphatic heterocycles. The van der Waals surface area contributed by atoms with E-state index in [4.69, 9.17) is 0 Å². The Balaban J connectivity index is 1.57. The number of nitrogens with zero attached hydrogens (tertiary/aromatic N) is 2. The van der Waals surface area contributed by atoms with E-state index in [2.05, 4.69) is 32.0 Å². The van der Waals surface area contributed by atoms with Crippen molar-refractivity contribution in [2.45, 2.75) is 37.3 Å². The molecule has 0 spiro atoms. The second kappa shape index (κ2) is 7.60. The van der Waals surface area contributed by atoms with Crippen molar-refractivity contribution in [2.24, 2.45) is 0 Å². The molecule has 154 valence electrons. The number of fused-ring (bicyclic) bond motifs is 1. The maximum atomic E-state index is 14.3. The molecule has 0 bridgehead atoms. The van der Waals surface area contributed by atoms with Crippen molar-refractivity contribution in [3.63, 3.8) is 0 Å². The summed E-state index contributed by atoms with van der Waals surface area (Å²) < 4.78 is 13.8. The van der Waals surface area contributed by atoms with Gasteiger partial charge in [-0.3, -0.25) is 4.79 Å². The maximum absolute atomic E-state index is 14.3. The van der Waals surface area contributed by atoms with Gasteiger partial charge in [0.15, 0.2) is 11.6 Å². The molecule has 0 fully saturated rings. The van der Waals surface area contributed by atoms with Crippen molar-refractivity contribution >= 4 is 46.5 Å². The van der Waals surface area contributed by atoms with Crippen LogP contribution in [0.1, 0.15) is 25.0 Å². The van der Waals surface area contributed by atoms with Crippen LogP contribution >= 0.6 is 11.8 Å². The van der Waals surface area contributed by atoms with Crippen LogP contribution in [0.2, 0.25) is 0 Å². The molecule has 0 radical (unpaired) electrons. The van der Waals surface area contributed by atoms with Gasteiger partial charge in [-0.15, -0.1) is 11.8 Å².